The van der Waals surface area contributed by atoms with Crippen LogP contribution in [0.4, 0.5) is 5.69 Å². The van der Waals surface area contributed by atoms with Crippen LogP contribution in [0.5, 0.6) is 0 Å². The molecule has 9 heteroatoms. The Bertz CT molecular complexity index is 1150. The first-order valence-electron chi connectivity index (χ1n) is 11.7. The van der Waals surface area contributed by atoms with E-state index >= 15 is 0 Å². The van der Waals surface area contributed by atoms with E-state index in [-0.39, 0.29) is 18.4 Å². The summed E-state index contributed by atoms with van der Waals surface area (Å²) in [6, 6.07) is 11.8. The molecule has 0 saturated carbocycles. The average Bonchev–Trinajstić information content (AvgIpc) is 2.77. The lowest BCUT2D eigenvalue weighted by atomic mass is 10.1. The van der Waals surface area contributed by atoms with Gasteiger partial charge >= 0.3 is 0 Å². The Morgan fingerprint density at radius 3 is 2.31 bits per heavy atom. The lowest BCUT2D eigenvalue weighted by molar-refractivity contribution is -0.140. The van der Waals surface area contributed by atoms with Gasteiger partial charge in [0, 0.05) is 18.1 Å². The predicted octanol–water partition coefficient (Wildman–Crippen LogP) is 4.30. The number of hydrogen-bond donors (Lipinski definition) is 1. The quantitative estimate of drug-likeness (QED) is 0.477. The smallest absolute Gasteiger partial charge is 0.244 e. The highest BCUT2D eigenvalue weighted by molar-refractivity contribution is 7.92. The molecule has 0 radical (unpaired) electrons. The van der Waals surface area contributed by atoms with Crippen molar-refractivity contribution in [3.63, 3.8) is 0 Å². The van der Waals surface area contributed by atoms with Gasteiger partial charge in [0.25, 0.3) is 0 Å². The molecule has 35 heavy (non-hydrogen) atoms. The Kier molecular flexibility index (Phi) is 10.2. The van der Waals surface area contributed by atoms with Crippen LogP contribution in [0.3, 0.4) is 0 Å². The fourth-order valence-electron chi connectivity index (χ4n) is 3.70. The zero-order valence-corrected chi connectivity index (χ0v) is 22.9. The molecule has 0 aromatic heterocycles. The van der Waals surface area contributed by atoms with Crippen LogP contribution in [0.2, 0.25) is 5.02 Å². The number of aryl methyl sites for hydroxylation is 2. The van der Waals surface area contributed by atoms with Crippen molar-refractivity contribution in [3.05, 3.63) is 64.2 Å². The molecule has 2 aromatic carbocycles. The molecule has 0 saturated heterocycles. The molecule has 0 bridgehead atoms. The Morgan fingerprint density at radius 1 is 1.09 bits per heavy atom. The van der Waals surface area contributed by atoms with Gasteiger partial charge in [0.15, 0.2) is 0 Å². The SMILES string of the molecule is CC[C@@H](C(=O)NCC(C)C)N(Cc1cccc(C)c1)C(=O)CN(c1ccc(C)c(Cl)c1)S(C)(=O)=O. The van der Waals surface area contributed by atoms with E-state index in [9.17, 15) is 18.0 Å². The summed E-state index contributed by atoms with van der Waals surface area (Å²) in [5.74, 6) is -0.476. The molecule has 0 spiro atoms. The number of nitrogens with zero attached hydrogens (tertiary/aromatic N) is 2. The van der Waals surface area contributed by atoms with Crippen molar-refractivity contribution in [2.24, 2.45) is 5.92 Å². The van der Waals surface area contributed by atoms with E-state index in [1.807, 2.05) is 58.9 Å². The maximum Gasteiger partial charge on any atom is 0.244 e. The van der Waals surface area contributed by atoms with Gasteiger partial charge in [-0.2, -0.15) is 0 Å². The van der Waals surface area contributed by atoms with E-state index in [2.05, 4.69) is 5.32 Å². The van der Waals surface area contributed by atoms with Crippen LogP contribution in [0.1, 0.15) is 43.9 Å². The number of nitrogens with one attached hydrogen (secondary N) is 1. The Hall–Kier alpha value is -2.58. The summed E-state index contributed by atoms with van der Waals surface area (Å²) in [7, 11) is -3.80. The first-order chi connectivity index (χ1) is 16.3. The molecule has 7 nitrogen and oxygen atoms in total. The number of anilines is 1. The van der Waals surface area contributed by atoms with Gasteiger partial charge in [-0.3, -0.25) is 13.9 Å². The van der Waals surface area contributed by atoms with Crippen LogP contribution < -0.4 is 9.62 Å². The minimum Gasteiger partial charge on any atom is -0.354 e. The van der Waals surface area contributed by atoms with E-state index in [1.165, 1.54) is 11.0 Å². The van der Waals surface area contributed by atoms with Crippen LogP contribution in [0.25, 0.3) is 0 Å². The second-order valence-corrected chi connectivity index (χ2v) is 11.6. The predicted molar refractivity (Wildman–Crippen MR) is 142 cm³/mol. The maximum absolute atomic E-state index is 13.7. The molecule has 0 aliphatic heterocycles. The van der Waals surface area contributed by atoms with Crippen molar-refractivity contribution in [2.45, 2.75) is 53.6 Å². The molecule has 0 aliphatic rings. The van der Waals surface area contributed by atoms with Crippen molar-refractivity contribution in [2.75, 3.05) is 23.7 Å². The molecule has 2 aromatic rings. The van der Waals surface area contributed by atoms with Crippen LogP contribution in [0, 0.1) is 19.8 Å². The Balaban J connectivity index is 2.44. The number of carbonyl (C=O) groups is 2. The van der Waals surface area contributed by atoms with E-state index in [0.29, 0.717) is 23.7 Å². The normalized spacial score (nSPS) is 12.3. The van der Waals surface area contributed by atoms with Gasteiger partial charge in [-0.05, 0) is 49.4 Å². The summed E-state index contributed by atoms with van der Waals surface area (Å²) in [6.45, 7) is 9.81. The summed E-state index contributed by atoms with van der Waals surface area (Å²) in [6.07, 6.45) is 1.43. The van der Waals surface area contributed by atoms with Gasteiger partial charge in [-0.1, -0.05) is 68.3 Å². The fraction of sp³-hybridized carbons (Fsp3) is 0.462. The van der Waals surface area contributed by atoms with Gasteiger partial charge in [-0.25, -0.2) is 8.42 Å². The summed E-state index contributed by atoms with van der Waals surface area (Å²) in [5, 5.41) is 3.31. The van der Waals surface area contributed by atoms with Crippen molar-refractivity contribution < 1.29 is 18.0 Å². The van der Waals surface area contributed by atoms with Gasteiger partial charge in [-0.15, -0.1) is 0 Å². The van der Waals surface area contributed by atoms with Crippen molar-refractivity contribution >= 4 is 39.1 Å². The molecule has 2 amide bonds. The summed E-state index contributed by atoms with van der Waals surface area (Å²) < 4.78 is 26.4. The monoisotopic (exact) mass is 521 g/mol. The molecule has 1 atom stereocenters. The number of hydrogen-bond acceptors (Lipinski definition) is 4. The van der Waals surface area contributed by atoms with Gasteiger partial charge in [0.1, 0.15) is 12.6 Å². The highest BCUT2D eigenvalue weighted by Crippen LogP contribution is 2.25. The number of rotatable bonds is 11. The minimum absolute atomic E-state index is 0.181. The third kappa shape index (κ3) is 8.25. The molecule has 0 heterocycles. The molecule has 0 unspecified atom stereocenters. The van der Waals surface area contributed by atoms with Gasteiger partial charge < -0.3 is 10.2 Å². The third-order valence-electron chi connectivity index (χ3n) is 5.63. The van der Waals surface area contributed by atoms with E-state index < -0.39 is 28.5 Å². The molecular formula is C26H36ClN3O4S. The number of benzene rings is 2. The second kappa shape index (κ2) is 12.4. The van der Waals surface area contributed by atoms with Crippen LogP contribution in [-0.2, 0) is 26.2 Å². The highest BCUT2D eigenvalue weighted by Gasteiger charge is 2.31. The minimum atomic E-state index is -3.80. The first kappa shape index (κ1) is 28.7. The molecule has 192 valence electrons. The van der Waals surface area contributed by atoms with Crippen LogP contribution in [-0.4, -0.2) is 50.5 Å². The summed E-state index contributed by atoms with van der Waals surface area (Å²) in [5.41, 5.74) is 2.98. The van der Waals surface area contributed by atoms with Crippen molar-refractivity contribution in [1.82, 2.24) is 10.2 Å². The number of sulfonamides is 1. The Morgan fingerprint density at radius 2 is 1.77 bits per heavy atom. The molecule has 0 fully saturated rings. The largest absolute Gasteiger partial charge is 0.354 e. The van der Waals surface area contributed by atoms with Gasteiger partial charge in [0.05, 0.1) is 11.9 Å². The average molecular weight is 522 g/mol. The van der Waals surface area contributed by atoms with Gasteiger partial charge in [0.2, 0.25) is 21.8 Å². The lowest BCUT2D eigenvalue weighted by Gasteiger charge is -2.33. The Labute approximate surface area is 214 Å². The first-order valence-corrected chi connectivity index (χ1v) is 13.9. The lowest BCUT2D eigenvalue weighted by Crippen LogP contribution is -2.52. The second-order valence-electron chi connectivity index (χ2n) is 9.28. The van der Waals surface area contributed by atoms with E-state index in [0.717, 1.165) is 27.3 Å². The van der Waals surface area contributed by atoms with Crippen molar-refractivity contribution in [3.8, 4) is 0 Å². The molecule has 0 aliphatic carbocycles. The number of carbonyl (C=O) groups excluding carboxylic acids is 2. The zero-order chi connectivity index (χ0) is 26.3. The molecule has 2 rings (SSSR count). The van der Waals surface area contributed by atoms with Crippen LogP contribution >= 0.6 is 11.6 Å². The molecular weight excluding hydrogens is 486 g/mol. The molecule has 1 N–H and O–H groups in total. The van der Waals surface area contributed by atoms with E-state index in [4.69, 9.17) is 11.6 Å². The zero-order valence-electron chi connectivity index (χ0n) is 21.3. The summed E-state index contributed by atoms with van der Waals surface area (Å²) >= 11 is 6.23. The number of halogens is 1. The van der Waals surface area contributed by atoms with Crippen LogP contribution in [0.15, 0.2) is 42.5 Å². The standard InChI is InChI=1S/C26H36ClN3O4S/c1-7-24(26(32)28-15-18(2)3)29(16-21-10-8-9-19(4)13-21)25(31)17-30(35(6,33)34)22-12-11-20(5)23(27)14-22/h8-14,18,24H,7,15-17H2,1-6H3,(H,28,32)/t24-/m0/s1. The maximum atomic E-state index is 13.7. The fourth-order valence-corrected chi connectivity index (χ4v) is 4.72. The highest BCUT2D eigenvalue weighted by atomic mass is 35.5. The van der Waals surface area contributed by atoms with Crippen molar-refractivity contribution in [1.29, 1.82) is 0 Å². The topological polar surface area (TPSA) is 86.8 Å². The third-order valence-corrected chi connectivity index (χ3v) is 7.18. The van der Waals surface area contributed by atoms with E-state index in [1.54, 1.807) is 12.1 Å². The number of amides is 2. The summed E-state index contributed by atoms with van der Waals surface area (Å²) in [4.78, 5) is 28.2.